The zero-order valence-corrected chi connectivity index (χ0v) is 20.4. The van der Waals surface area contributed by atoms with E-state index in [1.54, 1.807) is 25.1 Å². The molecule has 8 nitrogen and oxygen atoms in total. The number of hydrogen-bond donors (Lipinski definition) is 1. The molecule has 1 unspecified atom stereocenters. The maximum Gasteiger partial charge on any atom is 0.350 e. The number of halogens is 1. The number of carboxylic acids is 1. The molecule has 0 aliphatic carbocycles. The van der Waals surface area contributed by atoms with E-state index in [9.17, 15) is 19.1 Å². The second kappa shape index (κ2) is 10.4. The molecule has 0 spiro atoms. The maximum atomic E-state index is 14.2. The van der Waals surface area contributed by atoms with Crippen LogP contribution in [0.15, 0.2) is 90.0 Å². The Morgan fingerprint density at radius 1 is 0.892 bits per heavy atom. The number of aliphatic carboxylic acids is 1. The lowest BCUT2D eigenvalue weighted by atomic mass is 10.0. The first-order valence-electron chi connectivity index (χ1n) is 12.2. The number of benzene rings is 3. The second-order valence-electron chi connectivity index (χ2n) is 9.12. The average molecular weight is 502 g/mol. The van der Waals surface area contributed by atoms with Gasteiger partial charge in [0.2, 0.25) is 0 Å². The van der Waals surface area contributed by atoms with E-state index >= 15 is 0 Å². The number of anilines is 1. The lowest BCUT2D eigenvalue weighted by Crippen LogP contribution is -2.49. The smallest absolute Gasteiger partial charge is 0.350 e. The van der Waals surface area contributed by atoms with E-state index in [0.717, 1.165) is 11.3 Å². The highest BCUT2D eigenvalue weighted by molar-refractivity contribution is 5.75. The van der Waals surface area contributed by atoms with Gasteiger partial charge in [-0.05, 0) is 42.8 Å². The van der Waals surface area contributed by atoms with Crippen LogP contribution in [0.4, 0.5) is 10.1 Å². The minimum absolute atomic E-state index is 0.349. The molecule has 37 heavy (non-hydrogen) atoms. The summed E-state index contributed by atoms with van der Waals surface area (Å²) in [4.78, 5) is 29.2. The Bertz CT molecular complexity index is 1430. The Morgan fingerprint density at radius 2 is 1.51 bits per heavy atom. The molecule has 9 heteroatoms. The molecule has 1 saturated heterocycles. The molecule has 1 N–H and O–H groups in total. The van der Waals surface area contributed by atoms with E-state index in [4.69, 9.17) is 0 Å². The van der Waals surface area contributed by atoms with E-state index in [-0.39, 0.29) is 11.5 Å². The SMILES string of the molecule is CC(c1ccccc1F)n1ncn(-c2ccc(N3CCN([C@@H](C(=O)O)c4ccccc4)CC3)cc2)c1=O. The van der Waals surface area contributed by atoms with Gasteiger partial charge in [0.1, 0.15) is 18.2 Å². The van der Waals surface area contributed by atoms with Gasteiger partial charge in [0, 0.05) is 37.4 Å². The third-order valence-electron chi connectivity index (χ3n) is 6.94. The predicted octanol–water partition coefficient (Wildman–Crippen LogP) is 3.73. The van der Waals surface area contributed by atoms with Gasteiger partial charge in [-0.3, -0.25) is 9.69 Å². The molecule has 2 heterocycles. The van der Waals surface area contributed by atoms with Crippen LogP contribution >= 0.6 is 0 Å². The number of carboxylic acid groups (broad SMARTS) is 1. The Labute approximate surface area is 213 Å². The number of aromatic nitrogens is 3. The van der Waals surface area contributed by atoms with Crippen LogP contribution in [-0.2, 0) is 4.79 Å². The fourth-order valence-electron chi connectivity index (χ4n) is 4.91. The van der Waals surface area contributed by atoms with E-state index in [0.29, 0.717) is 37.4 Å². The first-order chi connectivity index (χ1) is 17.9. The summed E-state index contributed by atoms with van der Waals surface area (Å²) in [6.45, 7) is 4.36. The van der Waals surface area contributed by atoms with Crippen molar-refractivity contribution in [3.8, 4) is 5.69 Å². The maximum absolute atomic E-state index is 14.2. The van der Waals surface area contributed by atoms with Gasteiger partial charge in [-0.1, -0.05) is 48.5 Å². The zero-order chi connectivity index (χ0) is 25.9. The number of rotatable bonds is 7. The fourth-order valence-corrected chi connectivity index (χ4v) is 4.91. The second-order valence-corrected chi connectivity index (χ2v) is 9.12. The van der Waals surface area contributed by atoms with Crippen LogP contribution in [0.5, 0.6) is 0 Å². The Hall–Kier alpha value is -4.24. The van der Waals surface area contributed by atoms with E-state index in [2.05, 4.69) is 10.00 Å². The van der Waals surface area contributed by atoms with Crippen molar-refractivity contribution in [2.24, 2.45) is 0 Å². The molecular formula is C28H28FN5O3. The zero-order valence-electron chi connectivity index (χ0n) is 20.4. The van der Waals surface area contributed by atoms with Crippen molar-refractivity contribution in [3.63, 3.8) is 0 Å². The van der Waals surface area contributed by atoms with Crippen molar-refractivity contribution in [2.75, 3.05) is 31.1 Å². The van der Waals surface area contributed by atoms with Gasteiger partial charge >= 0.3 is 11.7 Å². The third kappa shape index (κ3) is 4.90. The summed E-state index contributed by atoms with van der Waals surface area (Å²) in [5.41, 5.74) is 2.49. The highest BCUT2D eigenvalue weighted by atomic mass is 19.1. The Morgan fingerprint density at radius 3 is 2.16 bits per heavy atom. The summed E-state index contributed by atoms with van der Waals surface area (Å²) in [6, 6.07) is 22.1. The Balaban J connectivity index is 1.28. The molecule has 1 aliphatic rings. The van der Waals surface area contributed by atoms with Crippen LogP contribution in [0.3, 0.4) is 0 Å². The van der Waals surface area contributed by atoms with Gasteiger partial charge in [0.15, 0.2) is 0 Å². The monoisotopic (exact) mass is 501 g/mol. The summed E-state index contributed by atoms with van der Waals surface area (Å²) in [6.07, 6.45) is 1.45. The van der Waals surface area contributed by atoms with Gasteiger partial charge in [-0.25, -0.2) is 18.4 Å². The molecule has 0 radical (unpaired) electrons. The van der Waals surface area contributed by atoms with Gasteiger partial charge in [-0.15, -0.1) is 0 Å². The van der Waals surface area contributed by atoms with Gasteiger partial charge < -0.3 is 10.0 Å². The molecule has 2 atom stereocenters. The number of hydrogen-bond acceptors (Lipinski definition) is 5. The summed E-state index contributed by atoms with van der Waals surface area (Å²) in [5.74, 6) is -1.22. The summed E-state index contributed by atoms with van der Waals surface area (Å²) in [7, 11) is 0. The quantitative estimate of drug-likeness (QED) is 0.416. The van der Waals surface area contributed by atoms with E-state index < -0.39 is 18.1 Å². The van der Waals surface area contributed by atoms with Gasteiger partial charge in [0.25, 0.3) is 0 Å². The molecule has 3 aromatic carbocycles. The molecule has 5 rings (SSSR count). The van der Waals surface area contributed by atoms with Crippen LogP contribution in [-0.4, -0.2) is 56.5 Å². The molecule has 1 aliphatic heterocycles. The fraction of sp³-hybridized carbons (Fsp3) is 0.250. The van der Waals surface area contributed by atoms with E-state index in [1.807, 2.05) is 59.5 Å². The van der Waals surface area contributed by atoms with Crippen molar-refractivity contribution < 1.29 is 14.3 Å². The van der Waals surface area contributed by atoms with Crippen molar-refractivity contribution >= 4 is 11.7 Å². The third-order valence-corrected chi connectivity index (χ3v) is 6.94. The number of carbonyl (C=O) groups is 1. The van der Waals surface area contributed by atoms with Crippen LogP contribution < -0.4 is 10.6 Å². The number of piperazine rings is 1. The van der Waals surface area contributed by atoms with Crippen molar-refractivity contribution in [3.05, 3.63) is 113 Å². The van der Waals surface area contributed by atoms with Gasteiger partial charge in [0.05, 0.1) is 11.7 Å². The molecular weight excluding hydrogens is 473 g/mol. The van der Waals surface area contributed by atoms with Crippen LogP contribution in [0.25, 0.3) is 5.69 Å². The summed E-state index contributed by atoms with van der Waals surface area (Å²) < 4.78 is 16.9. The Kier molecular flexibility index (Phi) is 6.87. The molecule has 1 aromatic heterocycles. The lowest BCUT2D eigenvalue weighted by molar-refractivity contribution is -0.143. The highest BCUT2D eigenvalue weighted by Gasteiger charge is 2.30. The number of nitrogens with zero attached hydrogens (tertiary/aromatic N) is 5. The van der Waals surface area contributed by atoms with Crippen molar-refractivity contribution in [1.29, 1.82) is 0 Å². The predicted molar refractivity (Wildman–Crippen MR) is 139 cm³/mol. The summed E-state index contributed by atoms with van der Waals surface area (Å²) in [5, 5.41) is 14.1. The lowest BCUT2D eigenvalue weighted by Gasteiger charge is -2.39. The minimum atomic E-state index is -0.848. The topological polar surface area (TPSA) is 83.6 Å². The molecule has 0 saturated carbocycles. The van der Waals surface area contributed by atoms with E-state index in [1.165, 1.54) is 21.6 Å². The van der Waals surface area contributed by atoms with Crippen LogP contribution in [0.1, 0.15) is 30.1 Å². The minimum Gasteiger partial charge on any atom is -0.480 e. The normalized spacial score (nSPS) is 15.9. The average Bonchev–Trinajstić information content (AvgIpc) is 3.31. The highest BCUT2D eigenvalue weighted by Crippen LogP contribution is 2.25. The van der Waals surface area contributed by atoms with Crippen LogP contribution in [0, 0.1) is 5.82 Å². The molecule has 0 amide bonds. The van der Waals surface area contributed by atoms with Crippen molar-refractivity contribution in [1.82, 2.24) is 19.2 Å². The molecule has 190 valence electrons. The van der Waals surface area contributed by atoms with Gasteiger partial charge in [-0.2, -0.15) is 5.10 Å². The standard InChI is InChI=1S/C28H28FN5O3/c1-20(24-9-5-6-10-25(24)29)34-28(37)33(19-30-34)23-13-11-22(12-14-23)31-15-17-32(18-16-31)26(27(35)36)21-7-3-2-4-8-21/h2-14,19-20,26H,15-18H2,1H3,(H,35,36)/t20?,26-/m1/s1. The van der Waals surface area contributed by atoms with Crippen LogP contribution in [0.2, 0.25) is 0 Å². The summed E-state index contributed by atoms with van der Waals surface area (Å²) >= 11 is 0. The molecule has 1 fully saturated rings. The first-order valence-corrected chi connectivity index (χ1v) is 12.2. The molecule has 4 aromatic rings. The van der Waals surface area contributed by atoms with Crippen molar-refractivity contribution in [2.45, 2.75) is 19.0 Å². The largest absolute Gasteiger partial charge is 0.480 e. The molecule has 0 bridgehead atoms. The first kappa shape index (κ1) is 24.5.